The van der Waals surface area contributed by atoms with Gasteiger partial charge in [-0.15, -0.1) is 0 Å². The van der Waals surface area contributed by atoms with E-state index in [-0.39, 0.29) is 48.1 Å². The summed E-state index contributed by atoms with van der Waals surface area (Å²) in [5.74, 6) is -1.83. The zero-order valence-electron chi connectivity index (χ0n) is 20.9. The summed E-state index contributed by atoms with van der Waals surface area (Å²) in [4.78, 5) is 27.4. The van der Waals surface area contributed by atoms with E-state index in [0.29, 0.717) is 24.8 Å². The highest BCUT2D eigenvalue weighted by atomic mass is 19.4. The lowest BCUT2D eigenvalue weighted by atomic mass is 9.62. The summed E-state index contributed by atoms with van der Waals surface area (Å²) in [5, 5.41) is 3.71. The number of methoxy groups -OCH3 is 1. The lowest BCUT2D eigenvalue weighted by Crippen LogP contribution is -2.60. The molecule has 2 atom stereocenters. The molecule has 0 aliphatic carbocycles. The Kier molecular flexibility index (Phi) is 6.67. The minimum atomic E-state index is -5.03. The molecule has 5 rings (SSSR count). The van der Waals surface area contributed by atoms with Crippen LogP contribution in [-0.4, -0.2) is 49.6 Å². The second-order valence-electron chi connectivity index (χ2n) is 10.1. The van der Waals surface area contributed by atoms with Gasteiger partial charge in [0.2, 0.25) is 5.91 Å². The third-order valence-electron chi connectivity index (χ3n) is 8.25. The molecule has 9 heteroatoms. The molecule has 2 aliphatic heterocycles. The first-order valence-corrected chi connectivity index (χ1v) is 12.5. The van der Waals surface area contributed by atoms with E-state index in [1.54, 1.807) is 42.5 Å². The average Bonchev–Trinajstić information content (AvgIpc) is 2.90. The van der Waals surface area contributed by atoms with Gasteiger partial charge in [-0.2, -0.15) is 13.2 Å². The number of carbonyl (C=O) groups excluding carboxylic acids is 2. The number of hydrogen-bond acceptors (Lipinski definition) is 3. The monoisotopic (exact) mass is 528 g/mol. The van der Waals surface area contributed by atoms with Crippen LogP contribution in [0, 0.1) is 11.2 Å². The molecule has 2 amide bonds. The third kappa shape index (κ3) is 4.22. The smallest absolute Gasteiger partial charge is 0.356 e. The normalized spacial score (nSPS) is 21.2. The molecule has 2 heterocycles. The molecule has 38 heavy (non-hydrogen) atoms. The Morgan fingerprint density at radius 3 is 2.32 bits per heavy atom. The van der Waals surface area contributed by atoms with Crippen LogP contribution in [0.4, 0.5) is 17.6 Å². The lowest BCUT2D eigenvalue weighted by molar-refractivity contribution is -0.270. The molecule has 0 unspecified atom stereocenters. The van der Waals surface area contributed by atoms with Gasteiger partial charge in [0.25, 0.3) is 11.5 Å². The predicted octanol–water partition coefficient (Wildman–Crippen LogP) is 5.30. The lowest BCUT2D eigenvalue weighted by Gasteiger charge is -2.50. The first kappa shape index (κ1) is 26.2. The highest BCUT2D eigenvalue weighted by molar-refractivity contribution is 5.95. The number of likely N-dealkylation sites (tertiary alicyclic amines) is 1. The number of alkyl halides is 3. The van der Waals surface area contributed by atoms with Gasteiger partial charge in [-0.1, -0.05) is 54.6 Å². The third-order valence-corrected chi connectivity index (χ3v) is 8.25. The van der Waals surface area contributed by atoms with E-state index in [1.165, 1.54) is 29.2 Å². The number of nitrogens with one attached hydrogen (secondary N) is 1. The largest absolute Gasteiger partial charge is 0.431 e. The summed E-state index contributed by atoms with van der Waals surface area (Å²) in [6.07, 6.45) is -4.17. The van der Waals surface area contributed by atoms with Crippen LogP contribution in [0.25, 0.3) is 10.8 Å². The fourth-order valence-corrected chi connectivity index (χ4v) is 6.24. The first-order chi connectivity index (χ1) is 18.1. The summed E-state index contributed by atoms with van der Waals surface area (Å²) in [5.41, 5.74) is -3.14. The molecule has 5 nitrogen and oxygen atoms in total. The Hall–Kier alpha value is -3.46. The van der Waals surface area contributed by atoms with Crippen molar-refractivity contribution in [2.75, 3.05) is 26.7 Å². The molecular formula is C29H28F4N2O3. The van der Waals surface area contributed by atoms with Gasteiger partial charge in [-0.3, -0.25) is 9.59 Å². The zero-order valence-corrected chi connectivity index (χ0v) is 20.9. The number of benzene rings is 3. The minimum absolute atomic E-state index is 0.0375. The number of carbonyl (C=O) groups is 2. The second kappa shape index (κ2) is 9.69. The Morgan fingerprint density at radius 1 is 1.00 bits per heavy atom. The highest BCUT2D eigenvalue weighted by Crippen LogP contribution is 2.51. The van der Waals surface area contributed by atoms with Crippen molar-refractivity contribution in [1.82, 2.24) is 10.2 Å². The van der Waals surface area contributed by atoms with Crippen molar-refractivity contribution in [1.29, 1.82) is 0 Å². The summed E-state index contributed by atoms with van der Waals surface area (Å²) in [6, 6.07) is 17.1. The topological polar surface area (TPSA) is 58.6 Å². The standard InChI is InChI=1S/C29H28F4N2O3/c1-38-28(29(31,32)33,23-8-4-6-19-5-2-3-7-22(19)23)26(37)35-15-13-27(14-16-35)17-25(36)34-18-24(27)20-9-11-21(30)12-10-20/h2-12,24H,13-18H2,1H3,(H,34,36)/t24-,28-/m0/s1. The Morgan fingerprint density at radius 2 is 1.66 bits per heavy atom. The molecule has 3 aromatic carbocycles. The maximum absolute atomic E-state index is 14.9. The number of rotatable bonds is 4. The van der Waals surface area contributed by atoms with Gasteiger partial charge in [0, 0.05) is 44.6 Å². The zero-order chi connectivity index (χ0) is 27.1. The van der Waals surface area contributed by atoms with Gasteiger partial charge < -0.3 is 15.0 Å². The minimum Gasteiger partial charge on any atom is -0.356 e. The van der Waals surface area contributed by atoms with Crippen LogP contribution in [0.5, 0.6) is 0 Å². The number of piperidine rings is 2. The molecule has 2 fully saturated rings. The van der Waals surface area contributed by atoms with E-state index in [1.807, 2.05) is 0 Å². The van der Waals surface area contributed by atoms with Crippen molar-refractivity contribution in [3.05, 3.63) is 83.7 Å². The van der Waals surface area contributed by atoms with Crippen molar-refractivity contribution in [2.45, 2.75) is 37.0 Å². The van der Waals surface area contributed by atoms with Gasteiger partial charge in [0.15, 0.2) is 0 Å². The van der Waals surface area contributed by atoms with Crippen LogP contribution in [-0.2, 0) is 19.9 Å². The van der Waals surface area contributed by atoms with E-state index in [0.717, 1.165) is 12.7 Å². The molecule has 0 bridgehead atoms. The molecule has 0 saturated carbocycles. The predicted molar refractivity (Wildman–Crippen MR) is 134 cm³/mol. The van der Waals surface area contributed by atoms with Gasteiger partial charge in [-0.25, -0.2) is 4.39 Å². The fraction of sp³-hybridized carbons (Fsp3) is 0.379. The number of nitrogens with zero attached hydrogens (tertiary/aromatic N) is 1. The molecule has 0 aromatic heterocycles. The molecule has 2 saturated heterocycles. The summed E-state index contributed by atoms with van der Waals surface area (Å²) in [6.45, 7) is 0.421. The Bertz CT molecular complexity index is 1340. The molecule has 2 aliphatic rings. The Labute approximate surface area is 217 Å². The van der Waals surface area contributed by atoms with Crippen molar-refractivity contribution >= 4 is 22.6 Å². The average molecular weight is 529 g/mol. The number of hydrogen-bond donors (Lipinski definition) is 1. The molecule has 1 N–H and O–H groups in total. The van der Waals surface area contributed by atoms with Crippen LogP contribution >= 0.6 is 0 Å². The van der Waals surface area contributed by atoms with Crippen molar-refractivity contribution in [2.24, 2.45) is 5.41 Å². The quantitative estimate of drug-likeness (QED) is 0.468. The van der Waals surface area contributed by atoms with Gasteiger partial charge in [-0.05, 0) is 46.7 Å². The van der Waals surface area contributed by atoms with E-state index in [2.05, 4.69) is 5.32 Å². The number of halogens is 4. The van der Waals surface area contributed by atoms with E-state index < -0.39 is 23.1 Å². The van der Waals surface area contributed by atoms with Gasteiger partial charge in [0.1, 0.15) is 5.82 Å². The first-order valence-electron chi connectivity index (χ1n) is 12.5. The fourth-order valence-electron chi connectivity index (χ4n) is 6.24. The molecule has 1 spiro atoms. The van der Waals surface area contributed by atoms with Crippen LogP contribution in [0.2, 0.25) is 0 Å². The SMILES string of the molecule is CO[C@](C(=O)N1CCC2(CC1)CC(=O)NC[C@H]2c1ccc(F)cc1)(c1cccc2ccccc12)C(F)(F)F. The summed E-state index contributed by atoms with van der Waals surface area (Å²) < 4.78 is 63.3. The van der Waals surface area contributed by atoms with Gasteiger partial charge in [0.05, 0.1) is 0 Å². The van der Waals surface area contributed by atoms with Gasteiger partial charge >= 0.3 is 6.18 Å². The molecule has 200 valence electrons. The number of amides is 2. The van der Waals surface area contributed by atoms with Crippen LogP contribution in [0.15, 0.2) is 66.7 Å². The van der Waals surface area contributed by atoms with Crippen LogP contribution in [0.1, 0.15) is 36.3 Å². The van der Waals surface area contributed by atoms with E-state index >= 15 is 0 Å². The number of fused-ring (bicyclic) bond motifs is 1. The highest BCUT2D eigenvalue weighted by Gasteiger charge is 2.64. The maximum Gasteiger partial charge on any atom is 0.431 e. The van der Waals surface area contributed by atoms with E-state index in [9.17, 15) is 27.2 Å². The van der Waals surface area contributed by atoms with Crippen LogP contribution < -0.4 is 5.32 Å². The summed E-state index contributed by atoms with van der Waals surface area (Å²) >= 11 is 0. The number of ether oxygens (including phenoxy) is 1. The van der Waals surface area contributed by atoms with Crippen LogP contribution in [0.3, 0.4) is 0 Å². The van der Waals surface area contributed by atoms with Crippen molar-refractivity contribution in [3.63, 3.8) is 0 Å². The maximum atomic E-state index is 14.9. The van der Waals surface area contributed by atoms with Crippen molar-refractivity contribution in [3.8, 4) is 0 Å². The second-order valence-corrected chi connectivity index (χ2v) is 10.1. The van der Waals surface area contributed by atoms with Crippen molar-refractivity contribution < 1.29 is 31.9 Å². The molecule has 3 aromatic rings. The molecule has 0 radical (unpaired) electrons. The van der Waals surface area contributed by atoms with E-state index in [4.69, 9.17) is 4.74 Å². The molecular weight excluding hydrogens is 500 g/mol. The summed E-state index contributed by atoms with van der Waals surface area (Å²) in [7, 11) is 0.911. The Balaban J connectivity index is 1.48.